The van der Waals surface area contributed by atoms with Crippen LogP contribution in [0.5, 0.6) is 5.75 Å². The predicted molar refractivity (Wildman–Crippen MR) is 101 cm³/mol. The molecule has 0 saturated carbocycles. The molecule has 24 heavy (non-hydrogen) atoms. The van der Waals surface area contributed by atoms with Crippen molar-refractivity contribution in [2.45, 2.75) is 13.5 Å². The molecular formula is C18H14Br2N2O2. The van der Waals surface area contributed by atoms with Gasteiger partial charge in [-0.05, 0) is 40.5 Å². The lowest BCUT2D eigenvalue weighted by molar-refractivity contribution is 0.0950. The van der Waals surface area contributed by atoms with Crippen molar-refractivity contribution < 1.29 is 9.90 Å². The van der Waals surface area contributed by atoms with Crippen LogP contribution in [-0.4, -0.2) is 16.0 Å². The summed E-state index contributed by atoms with van der Waals surface area (Å²) in [7, 11) is 0. The number of nitrogens with zero attached hydrogens (tertiary/aromatic N) is 1. The largest absolute Gasteiger partial charge is 0.505 e. The van der Waals surface area contributed by atoms with Gasteiger partial charge in [-0.2, -0.15) is 0 Å². The van der Waals surface area contributed by atoms with Crippen LogP contribution in [0.25, 0.3) is 10.9 Å². The summed E-state index contributed by atoms with van der Waals surface area (Å²) < 4.78 is 1.31. The molecule has 122 valence electrons. The van der Waals surface area contributed by atoms with E-state index in [1.165, 1.54) is 0 Å². The first kappa shape index (κ1) is 16.9. The lowest BCUT2D eigenvalue weighted by Gasteiger charge is -2.11. The van der Waals surface area contributed by atoms with E-state index in [9.17, 15) is 9.90 Å². The molecule has 0 fully saturated rings. The normalized spacial score (nSPS) is 10.8. The first-order chi connectivity index (χ1) is 11.5. The molecule has 0 aliphatic carbocycles. The Balaban J connectivity index is 1.94. The van der Waals surface area contributed by atoms with Crippen LogP contribution in [0.3, 0.4) is 0 Å². The van der Waals surface area contributed by atoms with Gasteiger partial charge in [0.15, 0.2) is 5.75 Å². The predicted octanol–water partition coefficient (Wildman–Crippen LogP) is 4.70. The van der Waals surface area contributed by atoms with Crippen LogP contribution in [-0.2, 0) is 6.54 Å². The highest BCUT2D eigenvalue weighted by Gasteiger charge is 2.16. The number of rotatable bonds is 3. The minimum absolute atomic E-state index is 0.0625. The monoisotopic (exact) mass is 448 g/mol. The van der Waals surface area contributed by atoms with Gasteiger partial charge >= 0.3 is 0 Å². The number of hydrogen-bond acceptors (Lipinski definition) is 3. The molecule has 2 N–H and O–H groups in total. The van der Waals surface area contributed by atoms with Crippen molar-refractivity contribution in [3.05, 3.63) is 68.2 Å². The van der Waals surface area contributed by atoms with E-state index in [1.54, 1.807) is 19.1 Å². The summed E-state index contributed by atoms with van der Waals surface area (Å²) in [6, 6.07) is 13.2. The van der Waals surface area contributed by atoms with Crippen molar-refractivity contribution in [1.29, 1.82) is 0 Å². The van der Waals surface area contributed by atoms with Gasteiger partial charge in [0.1, 0.15) is 5.52 Å². The van der Waals surface area contributed by atoms with Crippen molar-refractivity contribution in [1.82, 2.24) is 10.3 Å². The van der Waals surface area contributed by atoms with Crippen LogP contribution < -0.4 is 5.32 Å². The van der Waals surface area contributed by atoms with E-state index in [2.05, 4.69) is 42.2 Å². The zero-order chi connectivity index (χ0) is 17.3. The maximum atomic E-state index is 12.5. The standard InChI is InChI=1S/C18H14Br2N2O2/c1-10-12(18(24)21-9-11-5-3-2-4-6-11)7-13-14(19)8-15(20)17(23)16(13)22-10/h2-8,23H,9H2,1H3,(H,21,24). The van der Waals surface area contributed by atoms with Crippen molar-refractivity contribution in [2.75, 3.05) is 0 Å². The molecule has 0 radical (unpaired) electrons. The smallest absolute Gasteiger partial charge is 0.253 e. The Morgan fingerprint density at radius 3 is 2.58 bits per heavy atom. The third-order valence-corrected chi connectivity index (χ3v) is 4.98. The maximum Gasteiger partial charge on any atom is 0.253 e. The molecule has 0 bridgehead atoms. The van der Waals surface area contributed by atoms with Crippen LogP contribution in [0.4, 0.5) is 0 Å². The second-order valence-electron chi connectivity index (χ2n) is 5.37. The molecule has 3 aromatic rings. The Bertz CT molecular complexity index is 927. The molecule has 3 rings (SSSR count). The second kappa shape index (κ2) is 6.91. The van der Waals surface area contributed by atoms with Gasteiger partial charge in [-0.1, -0.05) is 46.3 Å². The third kappa shape index (κ3) is 3.30. The molecule has 2 aromatic carbocycles. The van der Waals surface area contributed by atoms with E-state index >= 15 is 0 Å². The summed E-state index contributed by atoms with van der Waals surface area (Å²) in [4.78, 5) is 16.9. The Labute approximate surface area is 156 Å². The molecule has 0 atom stereocenters. The number of halogens is 2. The number of carbonyl (C=O) groups is 1. The number of carbonyl (C=O) groups excluding carboxylic acids is 1. The third-order valence-electron chi connectivity index (χ3n) is 3.71. The van der Waals surface area contributed by atoms with Gasteiger partial charge in [0.25, 0.3) is 5.91 Å². The average Bonchev–Trinajstić information content (AvgIpc) is 2.58. The Kier molecular flexibility index (Phi) is 4.87. The Morgan fingerprint density at radius 2 is 1.88 bits per heavy atom. The highest BCUT2D eigenvalue weighted by atomic mass is 79.9. The highest BCUT2D eigenvalue weighted by molar-refractivity contribution is 9.11. The van der Waals surface area contributed by atoms with Gasteiger partial charge in [0, 0.05) is 16.4 Å². The molecule has 1 aromatic heterocycles. The van der Waals surface area contributed by atoms with E-state index < -0.39 is 0 Å². The van der Waals surface area contributed by atoms with Crippen LogP contribution in [0.1, 0.15) is 21.6 Å². The van der Waals surface area contributed by atoms with E-state index in [-0.39, 0.29) is 11.7 Å². The first-order valence-corrected chi connectivity index (χ1v) is 8.86. The molecule has 0 aliphatic rings. The number of benzene rings is 2. The summed E-state index contributed by atoms with van der Waals surface area (Å²) in [5, 5.41) is 13.7. The van der Waals surface area contributed by atoms with Crippen LogP contribution in [0, 0.1) is 6.92 Å². The summed E-state index contributed by atoms with van der Waals surface area (Å²) in [5.41, 5.74) is 2.53. The molecule has 4 nitrogen and oxygen atoms in total. The Hall–Kier alpha value is -1.92. The fraction of sp³-hybridized carbons (Fsp3) is 0.111. The number of phenols is 1. The van der Waals surface area contributed by atoms with Crippen LogP contribution in [0.2, 0.25) is 0 Å². The van der Waals surface area contributed by atoms with Crippen molar-refractivity contribution >= 4 is 48.7 Å². The summed E-state index contributed by atoms with van der Waals surface area (Å²) in [6.45, 7) is 2.20. The van der Waals surface area contributed by atoms with Gasteiger partial charge in [-0.3, -0.25) is 4.79 Å². The number of nitrogens with one attached hydrogen (secondary N) is 1. The molecule has 0 aliphatic heterocycles. The molecule has 0 saturated heterocycles. The van der Waals surface area contributed by atoms with E-state index in [0.717, 1.165) is 10.0 Å². The molecular weight excluding hydrogens is 436 g/mol. The van der Waals surface area contributed by atoms with Gasteiger partial charge in [0.05, 0.1) is 15.7 Å². The average molecular weight is 450 g/mol. The lowest BCUT2D eigenvalue weighted by atomic mass is 10.1. The van der Waals surface area contributed by atoms with E-state index in [1.807, 2.05) is 30.3 Å². The fourth-order valence-corrected chi connectivity index (χ4v) is 3.70. The number of aromatic hydroxyl groups is 1. The number of aryl methyl sites for hydroxylation is 1. The summed E-state index contributed by atoms with van der Waals surface area (Å²) in [5.74, 6) is -0.132. The fourth-order valence-electron chi connectivity index (χ4n) is 2.44. The Morgan fingerprint density at radius 1 is 1.17 bits per heavy atom. The van der Waals surface area contributed by atoms with E-state index in [0.29, 0.717) is 33.2 Å². The SMILES string of the molecule is Cc1nc2c(O)c(Br)cc(Br)c2cc1C(=O)NCc1ccccc1. The van der Waals surface area contributed by atoms with Gasteiger partial charge < -0.3 is 10.4 Å². The van der Waals surface area contributed by atoms with E-state index in [4.69, 9.17) is 0 Å². The quantitative estimate of drug-likeness (QED) is 0.608. The zero-order valence-corrected chi connectivity index (χ0v) is 16.0. The molecule has 1 amide bonds. The highest BCUT2D eigenvalue weighted by Crippen LogP contribution is 2.37. The topological polar surface area (TPSA) is 62.2 Å². The molecule has 1 heterocycles. The van der Waals surface area contributed by atoms with Gasteiger partial charge in [-0.15, -0.1) is 0 Å². The summed E-state index contributed by atoms with van der Waals surface area (Å²) >= 11 is 6.74. The number of aromatic nitrogens is 1. The summed E-state index contributed by atoms with van der Waals surface area (Å²) in [6.07, 6.45) is 0. The number of fused-ring (bicyclic) bond motifs is 1. The van der Waals surface area contributed by atoms with Crippen molar-refractivity contribution in [2.24, 2.45) is 0 Å². The maximum absolute atomic E-state index is 12.5. The first-order valence-electron chi connectivity index (χ1n) is 7.28. The minimum atomic E-state index is -0.194. The zero-order valence-electron chi connectivity index (χ0n) is 12.8. The lowest BCUT2D eigenvalue weighted by Crippen LogP contribution is -2.24. The van der Waals surface area contributed by atoms with Crippen LogP contribution in [0.15, 0.2) is 51.4 Å². The molecule has 6 heteroatoms. The second-order valence-corrected chi connectivity index (χ2v) is 7.08. The number of pyridine rings is 1. The van der Waals surface area contributed by atoms with Gasteiger partial charge in [0.2, 0.25) is 0 Å². The minimum Gasteiger partial charge on any atom is -0.505 e. The number of amides is 1. The van der Waals surface area contributed by atoms with Gasteiger partial charge in [-0.25, -0.2) is 4.98 Å². The number of hydrogen-bond donors (Lipinski definition) is 2. The van der Waals surface area contributed by atoms with Crippen molar-refractivity contribution in [3.63, 3.8) is 0 Å². The molecule has 0 spiro atoms. The van der Waals surface area contributed by atoms with Crippen molar-refractivity contribution in [3.8, 4) is 5.75 Å². The molecule has 0 unspecified atom stereocenters. The number of phenolic OH excluding ortho intramolecular Hbond substituents is 1. The van der Waals surface area contributed by atoms with Crippen LogP contribution >= 0.6 is 31.9 Å².